The molecule has 124 valence electrons. The van der Waals surface area contributed by atoms with Crippen LogP contribution in [0.2, 0.25) is 0 Å². The summed E-state index contributed by atoms with van der Waals surface area (Å²) >= 11 is 0. The number of ether oxygens (including phenoxy) is 1. The molecule has 0 aromatic carbocycles. The van der Waals surface area contributed by atoms with Gasteiger partial charge in [0.1, 0.15) is 6.04 Å². The molecule has 2 heterocycles. The number of nitrogens with one attached hydrogen (secondary N) is 1. The summed E-state index contributed by atoms with van der Waals surface area (Å²) in [5, 5.41) is 7.71. The molecule has 0 saturated carbocycles. The van der Waals surface area contributed by atoms with Gasteiger partial charge in [-0.25, -0.2) is 9.78 Å². The Hall–Kier alpha value is -2.44. The van der Waals surface area contributed by atoms with Gasteiger partial charge in [-0.1, -0.05) is 13.8 Å². The molecule has 0 fully saturated rings. The smallest absolute Gasteiger partial charge is 0.328 e. The molecule has 1 amide bonds. The monoisotopic (exact) mass is 318 g/mol. The van der Waals surface area contributed by atoms with Gasteiger partial charge in [0, 0.05) is 12.7 Å². The molecule has 0 saturated heterocycles. The molecule has 2 aromatic heterocycles. The fourth-order valence-corrected chi connectivity index (χ4v) is 2.45. The standard InChI is InChI=1S/C16H22N4O3/c1-8(2)12-7-11(15(21)17-10(4)16(22)23-6)13-9(3)19-20(5)14(13)18-12/h7-8,10H,1-6H3,(H,17,21). The van der Waals surface area contributed by atoms with Crippen molar-refractivity contribution in [3.05, 3.63) is 23.0 Å². The number of hydrogen-bond acceptors (Lipinski definition) is 5. The predicted octanol–water partition coefficient (Wildman–Crippen LogP) is 1.69. The Morgan fingerprint density at radius 3 is 2.52 bits per heavy atom. The third-order valence-corrected chi connectivity index (χ3v) is 3.73. The Labute approximate surface area is 135 Å². The fourth-order valence-electron chi connectivity index (χ4n) is 2.45. The lowest BCUT2D eigenvalue weighted by Gasteiger charge is -2.14. The molecule has 0 radical (unpaired) electrons. The highest BCUT2D eigenvalue weighted by molar-refractivity contribution is 6.07. The van der Waals surface area contributed by atoms with Crippen LogP contribution in [0, 0.1) is 6.92 Å². The van der Waals surface area contributed by atoms with Gasteiger partial charge >= 0.3 is 5.97 Å². The zero-order valence-corrected chi connectivity index (χ0v) is 14.3. The SMILES string of the molecule is COC(=O)C(C)NC(=O)c1cc(C(C)C)nc2c1c(C)nn2C. The summed E-state index contributed by atoms with van der Waals surface area (Å²) in [5.74, 6) is -0.664. The van der Waals surface area contributed by atoms with Crippen LogP contribution in [0.25, 0.3) is 11.0 Å². The molecule has 1 N–H and O–H groups in total. The van der Waals surface area contributed by atoms with Crippen molar-refractivity contribution in [1.29, 1.82) is 0 Å². The van der Waals surface area contributed by atoms with E-state index in [0.717, 1.165) is 11.4 Å². The number of fused-ring (bicyclic) bond motifs is 1. The lowest BCUT2D eigenvalue weighted by atomic mass is 10.0. The van der Waals surface area contributed by atoms with Gasteiger partial charge in [-0.2, -0.15) is 5.10 Å². The highest BCUT2D eigenvalue weighted by Crippen LogP contribution is 2.24. The third kappa shape index (κ3) is 3.18. The van der Waals surface area contributed by atoms with E-state index in [9.17, 15) is 9.59 Å². The summed E-state index contributed by atoms with van der Waals surface area (Å²) in [6, 6.07) is 1.04. The summed E-state index contributed by atoms with van der Waals surface area (Å²) in [7, 11) is 3.09. The number of nitrogens with zero attached hydrogens (tertiary/aromatic N) is 3. The number of methoxy groups -OCH3 is 1. The minimum Gasteiger partial charge on any atom is -0.467 e. The van der Waals surface area contributed by atoms with Crippen molar-refractivity contribution in [3.8, 4) is 0 Å². The first-order valence-electron chi connectivity index (χ1n) is 7.49. The van der Waals surface area contributed by atoms with Crippen molar-refractivity contribution in [1.82, 2.24) is 20.1 Å². The quantitative estimate of drug-likeness (QED) is 0.867. The van der Waals surface area contributed by atoms with E-state index < -0.39 is 12.0 Å². The van der Waals surface area contributed by atoms with Gasteiger partial charge in [0.25, 0.3) is 5.91 Å². The number of aromatic nitrogens is 3. The van der Waals surface area contributed by atoms with Crippen molar-refractivity contribution in [3.63, 3.8) is 0 Å². The maximum atomic E-state index is 12.6. The topological polar surface area (TPSA) is 86.1 Å². The van der Waals surface area contributed by atoms with Crippen LogP contribution in [-0.2, 0) is 16.6 Å². The van der Waals surface area contributed by atoms with Crippen LogP contribution in [0.3, 0.4) is 0 Å². The molecule has 0 spiro atoms. The molecule has 0 aliphatic carbocycles. The number of esters is 1. The minimum absolute atomic E-state index is 0.166. The minimum atomic E-state index is -0.727. The van der Waals surface area contributed by atoms with Gasteiger partial charge < -0.3 is 10.1 Å². The molecule has 0 aliphatic heterocycles. The van der Waals surface area contributed by atoms with Gasteiger partial charge in [-0.05, 0) is 25.8 Å². The number of aryl methyl sites for hydroxylation is 2. The Kier molecular flexibility index (Phi) is 4.68. The summed E-state index contributed by atoms with van der Waals surface area (Å²) in [4.78, 5) is 28.8. The van der Waals surface area contributed by atoms with Crippen LogP contribution in [0.4, 0.5) is 0 Å². The Morgan fingerprint density at radius 2 is 1.96 bits per heavy atom. The average molecular weight is 318 g/mol. The van der Waals surface area contributed by atoms with E-state index in [1.54, 1.807) is 24.7 Å². The lowest BCUT2D eigenvalue weighted by Crippen LogP contribution is -2.39. The van der Waals surface area contributed by atoms with Crippen molar-refractivity contribution >= 4 is 22.9 Å². The second-order valence-corrected chi connectivity index (χ2v) is 5.88. The van der Waals surface area contributed by atoms with Gasteiger partial charge in [0.05, 0.1) is 23.8 Å². The second kappa shape index (κ2) is 6.36. The van der Waals surface area contributed by atoms with E-state index >= 15 is 0 Å². The molecule has 2 rings (SSSR count). The van der Waals surface area contributed by atoms with Crippen LogP contribution in [0.15, 0.2) is 6.07 Å². The molecular formula is C16H22N4O3. The number of rotatable bonds is 4. The van der Waals surface area contributed by atoms with Crippen molar-refractivity contribution < 1.29 is 14.3 Å². The van der Waals surface area contributed by atoms with Gasteiger partial charge in [0.15, 0.2) is 5.65 Å². The molecule has 0 aliphatic rings. The number of hydrogen-bond donors (Lipinski definition) is 1. The van der Waals surface area contributed by atoms with Gasteiger partial charge in [-0.3, -0.25) is 9.48 Å². The van der Waals surface area contributed by atoms with E-state index in [0.29, 0.717) is 16.6 Å². The highest BCUT2D eigenvalue weighted by atomic mass is 16.5. The maximum absolute atomic E-state index is 12.6. The number of carbonyl (C=O) groups excluding carboxylic acids is 2. The average Bonchev–Trinajstić information content (AvgIpc) is 2.80. The largest absolute Gasteiger partial charge is 0.467 e. The van der Waals surface area contributed by atoms with E-state index in [-0.39, 0.29) is 11.8 Å². The van der Waals surface area contributed by atoms with E-state index in [2.05, 4.69) is 20.1 Å². The van der Waals surface area contributed by atoms with E-state index in [1.807, 2.05) is 20.8 Å². The number of amides is 1. The first-order valence-corrected chi connectivity index (χ1v) is 7.49. The molecule has 7 heteroatoms. The summed E-state index contributed by atoms with van der Waals surface area (Å²) in [5.41, 5.74) is 2.65. The third-order valence-electron chi connectivity index (χ3n) is 3.73. The van der Waals surface area contributed by atoms with Crippen LogP contribution in [0.5, 0.6) is 0 Å². The Bertz CT molecular complexity index is 764. The van der Waals surface area contributed by atoms with Gasteiger partial charge in [-0.15, -0.1) is 0 Å². The van der Waals surface area contributed by atoms with Crippen LogP contribution in [0.1, 0.15) is 48.4 Å². The number of carbonyl (C=O) groups is 2. The van der Waals surface area contributed by atoms with Crippen molar-refractivity contribution in [2.24, 2.45) is 7.05 Å². The zero-order valence-electron chi connectivity index (χ0n) is 14.3. The van der Waals surface area contributed by atoms with Crippen molar-refractivity contribution in [2.75, 3.05) is 7.11 Å². The van der Waals surface area contributed by atoms with E-state index in [1.165, 1.54) is 7.11 Å². The first-order chi connectivity index (χ1) is 10.8. The maximum Gasteiger partial charge on any atom is 0.328 e. The first kappa shape index (κ1) is 16.9. The highest BCUT2D eigenvalue weighted by Gasteiger charge is 2.22. The Balaban J connectivity index is 2.54. The molecular weight excluding hydrogens is 296 g/mol. The molecule has 1 atom stereocenters. The molecule has 1 unspecified atom stereocenters. The molecule has 23 heavy (non-hydrogen) atoms. The normalized spacial score (nSPS) is 12.5. The fraction of sp³-hybridized carbons (Fsp3) is 0.500. The van der Waals surface area contributed by atoms with Crippen LogP contribution in [-0.4, -0.2) is 39.8 Å². The molecule has 2 aromatic rings. The molecule has 0 bridgehead atoms. The Morgan fingerprint density at radius 1 is 1.30 bits per heavy atom. The summed E-state index contributed by atoms with van der Waals surface area (Å²) < 4.78 is 6.31. The summed E-state index contributed by atoms with van der Waals surface area (Å²) in [6.45, 7) is 7.44. The molecule has 7 nitrogen and oxygen atoms in total. The van der Waals surface area contributed by atoms with Crippen LogP contribution >= 0.6 is 0 Å². The van der Waals surface area contributed by atoms with E-state index in [4.69, 9.17) is 0 Å². The lowest BCUT2D eigenvalue weighted by molar-refractivity contribution is -0.142. The number of pyridine rings is 1. The van der Waals surface area contributed by atoms with Gasteiger partial charge in [0.2, 0.25) is 0 Å². The van der Waals surface area contributed by atoms with Crippen molar-refractivity contribution in [2.45, 2.75) is 39.7 Å². The summed E-state index contributed by atoms with van der Waals surface area (Å²) in [6.07, 6.45) is 0. The van der Waals surface area contributed by atoms with Crippen LogP contribution < -0.4 is 5.32 Å². The predicted molar refractivity (Wildman–Crippen MR) is 86.3 cm³/mol. The second-order valence-electron chi connectivity index (χ2n) is 5.88. The zero-order chi connectivity index (χ0) is 17.3.